The summed E-state index contributed by atoms with van der Waals surface area (Å²) in [6, 6.07) is 40.0. The SMILES string of the molecule is c1ccc2c(CCSCCc3c4ccccc4cc4ccccc34)c3ccccc3cc2c1. The lowest BCUT2D eigenvalue weighted by atomic mass is 9.95. The van der Waals surface area contributed by atoms with Gasteiger partial charge in [-0.15, -0.1) is 0 Å². The minimum Gasteiger partial charge on any atom is -0.161 e. The van der Waals surface area contributed by atoms with Gasteiger partial charge in [-0.2, -0.15) is 11.8 Å². The first-order chi connectivity index (χ1) is 16.4. The topological polar surface area (TPSA) is 0 Å². The molecule has 0 N–H and O–H groups in total. The second-order valence-electron chi connectivity index (χ2n) is 8.71. The highest BCUT2D eigenvalue weighted by molar-refractivity contribution is 7.99. The molecule has 0 saturated heterocycles. The van der Waals surface area contributed by atoms with Crippen LogP contribution in [0.15, 0.2) is 109 Å². The van der Waals surface area contributed by atoms with E-state index in [1.807, 2.05) is 0 Å². The Balaban J connectivity index is 1.24. The van der Waals surface area contributed by atoms with E-state index in [1.165, 1.54) is 54.2 Å². The van der Waals surface area contributed by atoms with Crippen molar-refractivity contribution in [3.8, 4) is 0 Å². The van der Waals surface area contributed by atoms with Crippen molar-refractivity contribution in [2.24, 2.45) is 0 Å². The van der Waals surface area contributed by atoms with Crippen molar-refractivity contribution in [1.82, 2.24) is 0 Å². The Morgan fingerprint density at radius 2 is 0.697 bits per heavy atom. The molecule has 0 fully saturated rings. The van der Waals surface area contributed by atoms with Crippen molar-refractivity contribution < 1.29 is 0 Å². The number of fused-ring (bicyclic) bond motifs is 4. The number of benzene rings is 6. The summed E-state index contributed by atoms with van der Waals surface area (Å²) in [7, 11) is 0. The van der Waals surface area contributed by atoms with Gasteiger partial charge in [-0.3, -0.25) is 0 Å². The zero-order chi connectivity index (χ0) is 22.0. The predicted octanol–water partition coefficient (Wildman–Crippen LogP) is 8.82. The van der Waals surface area contributed by atoms with E-state index in [4.69, 9.17) is 0 Å². The van der Waals surface area contributed by atoms with Gasteiger partial charge in [0.1, 0.15) is 0 Å². The predicted molar refractivity (Wildman–Crippen MR) is 148 cm³/mol. The van der Waals surface area contributed by atoms with Crippen LogP contribution in [0.3, 0.4) is 0 Å². The third-order valence-electron chi connectivity index (χ3n) is 6.76. The van der Waals surface area contributed by atoms with E-state index in [0.717, 1.165) is 24.3 Å². The fourth-order valence-corrected chi connectivity index (χ4v) is 6.11. The van der Waals surface area contributed by atoms with Crippen molar-refractivity contribution >= 4 is 54.9 Å². The average Bonchev–Trinajstić information content (AvgIpc) is 2.87. The number of aryl methyl sites for hydroxylation is 2. The van der Waals surface area contributed by atoms with Gasteiger partial charge in [0, 0.05) is 0 Å². The number of hydrogen-bond donors (Lipinski definition) is 0. The van der Waals surface area contributed by atoms with Crippen LogP contribution < -0.4 is 0 Å². The molecule has 6 aromatic carbocycles. The lowest BCUT2D eigenvalue weighted by molar-refractivity contribution is 1.16. The molecule has 0 bridgehead atoms. The smallest absolute Gasteiger partial charge is 0.00264 e. The molecule has 1 heteroatoms. The highest BCUT2D eigenvalue weighted by atomic mass is 32.2. The van der Waals surface area contributed by atoms with Gasteiger partial charge in [0.15, 0.2) is 0 Å². The minimum absolute atomic E-state index is 1.10. The van der Waals surface area contributed by atoms with Gasteiger partial charge < -0.3 is 0 Å². The van der Waals surface area contributed by atoms with Crippen molar-refractivity contribution in [2.75, 3.05) is 11.5 Å². The second-order valence-corrected chi connectivity index (χ2v) is 9.93. The highest BCUT2D eigenvalue weighted by Crippen LogP contribution is 2.31. The van der Waals surface area contributed by atoms with E-state index in [1.54, 1.807) is 0 Å². The van der Waals surface area contributed by atoms with E-state index in [2.05, 4.69) is 121 Å². The summed E-state index contributed by atoms with van der Waals surface area (Å²) in [6.07, 6.45) is 2.20. The van der Waals surface area contributed by atoms with Gasteiger partial charge in [-0.05, 0) is 90.7 Å². The van der Waals surface area contributed by atoms with Crippen LogP contribution >= 0.6 is 11.8 Å². The van der Waals surface area contributed by atoms with E-state index in [0.29, 0.717) is 0 Å². The van der Waals surface area contributed by atoms with Gasteiger partial charge in [0.2, 0.25) is 0 Å². The maximum absolute atomic E-state index is 2.33. The fourth-order valence-electron chi connectivity index (χ4n) is 5.21. The maximum Gasteiger partial charge on any atom is -0.00264 e. The molecule has 0 atom stereocenters. The van der Waals surface area contributed by atoms with Gasteiger partial charge in [0.25, 0.3) is 0 Å². The Kier molecular flexibility index (Phi) is 5.49. The maximum atomic E-state index is 2.33. The molecule has 0 aliphatic carbocycles. The third-order valence-corrected chi connectivity index (χ3v) is 7.74. The average molecular weight is 443 g/mol. The van der Waals surface area contributed by atoms with E-state index >= 15 is 0 Å². The standard InChI is InChI=1S/C32H26S/c1-5-13-27-23(9-1)21-24-10-2-6-14-28(24)31(27)17-19-33-20-18-32-29-15-7-3-11-25(29)22-26-12-4-8-16-30(26)32/h1-16,21-22H,17-20H2. The van der Waals surface area contributed by atoms with Crippen molar-refractivity contribution in [1.29, 1.82) is 0 Å². The lowest BCUT2D eigenvalue weighted by Gasteiger charge is -2.13. The Morgan fingerprint density at radius 3 is 1.03 bits per heavy atom. The minimum atomic E-state index is 1.10. The van der Waals surface area contributed by atoms with Gasteiger partial charge >= 0.3 is 0 Å². The first-order valence-corrected chi connectivity index (χ1v) is 12.9. The summed E-state index contributed by atoms with van der Waals surface area (Å²) >= 11 is 2.08. The van der Waals surface area contributed by atoms with Crippen molar-refractivity contribution in [2.45, 2.75) is 12.8 Å². The lowest BCUT2D eigenvalue weighted by Crippen LogP contribution is -1.97. The molecule has 6 aromatic rings. The third kappa shape index (κ3) is 3.87. The summed E-state index contributed by atoms with van der Waals surface area (Å²) in [5.74, 6) is 2.28. The van der Waals surface area contributed by atoms with Crippen LogP contribution in [0.5, 0.6) is 0 Å². The van der Waals surface area contributed by atoms with E-state index in [9.17, 15) is 0 Å². The number of rotatable bonds is 6. The van der Waals surface area contributed by atoms with Crippen LogP contribution in [0.25, 0.3) is 43.1 Å². The molecule has 0 nitrogen and oxygen atoms in total. The molecule has 160 valence electrons. The Morgan fingerprint density at radius 1 is 0.394 bits per heavy atom. The Bertz CT molecular complexity index is 1370. The monoisotopic (exact) mass is 442 g/mol. The van der Waals surface area contributed by atoms with Crippen LogP contribution in [0.4, 0.5) is 0 Å². The zero-order valence-electron chi connectivity index (χ0n) is 18.6. The summed E-state index contributed by atoms with van der Waals surface area (Å²) in [4.78, 5) is 0. The van der Waals surface area contributed by atoms with Crippen molar-refractivity contribution in [3.05, 3.63) is 120 Å². The molecule has 0 aliphatic heterocycles. The van der Waals surface area contributed by atoms with Gasteiger partial charge in [0.05, 0.1) is 0 Å². The van der Waals surface area contributed by atoms with Gasteiger partial charge in [-0.25, -0.2) is 0 Å². The summed E-state index contributed by atoms with van der Waals surface area (Å²) in [5.41, 5.74) is 2.98. The molecular weight excluding hydrogens is 416 g/mol. The largest absolute Gasteiger partial charge is 0.161 e. The zero-order valence-corrected chi connectivity index (χ0v) is 19.4. The van der Waals surface area contributed by atoms with Crippen molar-refractivity contribution in [3.63, 3.8) is 0 Å². The molecule has 0 spiro atoms. The summed E-state index contributed by atoms with van der Waals surface area (Å²) in [6.45, 7) is 0. The highest BCUT2D eigenvalue weighted by Gasteiger charge is 2.09. The molecule has 0 amide bonds. The first-order valence-electron chi connectivity index (χ1n) is 11.7. The van der Waals surface area contributed by atoms with E-state index in [-0.39, 0.29) is 0 Å². The normalized spacial score (nSPS) is 11.6. The van der Waals surface area contributed by atoms with E-state index < -0.39 is 0 Å². The molecule has 0 aromatic heterocycles. The van der Waals surface area contributed by atoms with Gasteiger partial charge in [-0.1, -0.05) is 97.1 Å². The molecule has 0 unspecified atom stereocenters. The molecule has 33 heavy (non-hydrogen) atoms. The first kappa shape index (κ1) is 20.3. The number of thioether (sulfide) groups is 1. The summed E-state index contributed by atoms with van der Waals surface area (Å²) < 4.78 is 0. The van der Waals surface area contributed by atoms with Crippen LogP contribution in [-0.2, 0) is 12.8 Å². The Hall–Kier alpha value is -3.29. The molecule has 0 radical (unpaired) electrons. The molecule has 0 saturated carbocycles. The van der Waals surface area contributed by atoms with Crippen LogP contribution in [0, 0.1) is 0 Å². The van der Waals surface area contributed by atoms with Crippen LogP contribution in [0.2, 0.25) is 0 Å². The second kappa shape index (κ2) is 8.92. The fraction of sp³-hybridized carbons (Fsp3) is 0.125. The van der Waals surface area contributed by atoms with Crippen LogP contribution in [-0.4, -0.2) is 11.5 Å². The molecular formula is C32H26S. The Labute approximate surface area is 199 Å². The molecule has 0 heterocycles. The quantitative estimate of drug-likeness (QED) is 0.183. The summed E-state index contributed by atoms with van der Waals surface area (Å²) in [5, 5.41) is 11.0. The van der Waals surface area contributed by atoms with Crippen LogP contribution in [0.1, 0.15) is 11.1 Å². The molecule has 0 aliphatic rings. The molecule has 6 rings (SSSR count). The number of hydrogen-bond acceptors (Lipinski definition) is 1.